The highest BCUT2D eigenvalue weighted by Gasteiger charge is 2.26. The Labute approximate surface area is 148 Å². The van der Waals surface area contributed by atoms with Gasteiger partial charge >= 0.3 is 11.9 Å². The van der Waals surface area contributed by atoms with Crippen LogP contribution in [0.1, 0.15) is 63.5 Å². The number of fused-ring (bicyclic) bond motifs is 1. The van der Waals surface area contributed by atoms with Crippen LogP contribution in [0.15, 0.2) is 30.3 Å². The summed E-state index contributed by atoms with van der Waals surface area (Å²) in [4.78, 5) is 26.7. The second-order valence-corrected chi connectivity index (χ2v) is 6.40. The number of unbranched alkanes of at least 4 members (excludes halogenated alkanes) is 5. The number of para-hydroxylation sites is 1. The summed E-state index contributed by atoms with van der Waals surface area (Å²) in [7, 11) is 0. The normalized spacial score (nSPS) is 12.2. The van der Waals surface area contributed by atoms with E-state index in [-0.39, 0.29) is 6.42 Å². The number of carbonyl (C=O) groups is 2. The zero-order valence-corrected chi connectivity index (χ0v) is 14.8. The molecular weight excluding hydrogens is 318 g/mol. The molecule has 1 aromatic heterocycles. The molecule has 2 N–H and O–H groups in total. The number of benzene rings is 1. The lowest BCUT2D eigenvalue weighted by molar-refractivity contribution is -0.150. The van der Waals surface area contributed by atoms with Crippen LogP contribution in [-0.2, 0) is 14.3 Å². The maximum Gasteiger partial charge on any atom is 0.315 e. The number of rotatable bonds is 11. The first-order valence-corrected chi connectivity index (χ1v) is 9.08. The number of carboxylic acids is 1. The first kappa shape index (κ1) is 19.0. The van der Waals surface area contributed by atoms with E-state index >= 15 is 0 Å². The summed E-state index contributed by atoms with van der Waals surface area (Å²) in [5, 5.41) is 10.1. The van der Waals surface area contributed by atoms with Crippen molar-refractivity contribution in [2.75, 3.05) is 6.61 Å². The first-order chi connectivity index (χ1) is 12.1. The zero-order chi connectivity index (χ0) is 18.1. The fraction of sp³-hybridized carbons (Fsp3) is 0.500. The molecule has 2 aromatic rings. The van der Waals surface area contributed by atoms with Gasteiger partial charge in [0.15, 0.2) is 0 Å². The van der Waals surface area contributed by atoms with Gasteiger partial charge in [-0.1, -0.05) is 57.2 Å². The van der Waals surface area contributed by atoms with Gasteiger partial charge in [-0.25, -0.2) is 0 Å². The van der Waals surface area contributed by atoms with Gasteiger partial charge in [-0.3, -0.25) is 9.59 Å². The predicted molar refractivity (Wildman–Crippen MR) is 97.6 cm³/mol. The predicted octanol–water partition coefficient (Wildman–Crippen LogP) is 4.63. The van der Waals surface area contributed by atoms with Crippen LogP contribution in [0.4, 0.5) is 0 Å². The van der Waals surface area contributed by atoms with Crippen molar-refractivity contribution in [3.05, 3.63) is 36.0 Å². The Balaban J connectivity index is 1.92. The van der Waals surface area contributed by atoms with Gasteiger partial charge in [-0.15, -0.1) is 0 Å². The number of carboxylic acid groups (broad SMARTS) is 1. The summed E-state index contributed by atoms with van der Waals surface area (Å²) in [6.07, 6.45) is 6.37. The van der Waals surface area contributed by atoms with Crippen molar-refractivity contribution in [1.29, 1.82) is 0 Å². The molecule has 0 fully saturated rings. The lowest BCUT2D eigenvalue weighted by Crippen LogP contribution is -2.20. The maximum atomic E-state index is 12.4. The van der Waals surface area contributed by atoms with E-state index in [1.165, 1.54) is 19.3 Å². The molecule has 0 aliphatic rings. The van der Waals surface area contributed by atoms with Gasteiger partial charge in [0.2, 0.25) is 0 Å². The lowest BCUT2D eigenvalue weighted by atomic mass is 10.0. The van der Waals surface area contributed by atoms with Crippen LogP contribution in [0.5, 0.6) is 0 Å². The summed E-state index contributed by atoms with van der Waals surface area (Å²) < 4.78 is 5.34. The number of hydrogen-bond acceptors (Lipinski definition) is 3. The van der Waals surface area contributed by atoms with Gasteiger partial charge < -0.3 is 14.8 Å². The van der Waals surface area contributed by atoms with Gasteiger partial charge in [0.1, 0.15) is 5.92 Å². The molecule has 0 amide bonds. The molecule has 1 heterocycles. The molecule has 0 spiro atoms. The second kappa shape index (κ2) is 9.87. The van der Waals surface area contributed by atoms with Crippen molar-refractivity contribution in [2.45, 2.75) is 57.8 Å². The van der Waals surface area contributed by atoms with Crippen molar-refractivity contribution < 1.29 is 19.4 Å². The second-order valence-electron chi connectivity index (χ2n) is 6.40. The number of hydrogen-bond donors (Lipinski definition) is 2. The van der Waals surface area contributed by atoms with Gasteiger partial charge in [-0.2, -0.15) is 0 Å². The average molecular weight is 345 g/mol. The molecule has 2 rings (SSSR count). The molecule has 5 heteroatoms. The minimum atomic E-state index is -1.01. The summed E-state index contributed by atoms with van der Waals surface area (Å²) >= 11 is 0. The monoisotopic (exact) mass is 345 g/mol. The van der Waals surface area contributed by atoms with E-state index in [9.17, 15) is 9.59 Å². The van der Waals surface area contributed by atoms with E-state index in [2.05, 4.69) is 11.9 Å². The van der Waals surface area contributed by atoms with E-state index in [1.54, 1.807) is 0 Å². The maximum absolute atomic E-state index is 12.4. The molecular formula is C20H27NO4. The molecule has 0 aliphatic heterocycles. The molecule has 1 atom stereocenters. The minimum Gasteiger partial charge on any atom is -0.481 e. The highest BCUT2D eigenvalue weighted by molar-refractivity contribution is 5.87. The van der Waals surface area contributed by atoms with E-state index in [0.29, 0.717) is 12.3 Å². The topological polar surface area (TPSA) is 79.4 Å². The molecule has 1 aromatic carbocycles. The molecule has 0 saturated heterocycles. The van der Waals surface area contributed by atoms with Crippen molar-refractivity contribution in [2.24, 2.45) is 0 Å². The Morgan fingerprint density at radius 2 is 1.84 bits per heavy atom. The molecule has 0 radical (unpaired) electrons. The smallest absolute Gasteiger partial charge is 0.315 e. The van der Waals surface area contributed by atoms with Crippen molar-refractivity contribution in [3.8, 4) is 0 Å². The Hall–Kier alpha value is -2.30. The molecule has 1 unspecified atom stereocenters. The van der Waals surface area contributed by atoms with E-state index in [4.69, 9.17) is 9.84 Å². The minimum absolute atomic E-state index is 0.276. The van der Waals surface area contributed by atoms with Crippen LogP contribution in [0.2, 0.25) is 0 Å². The number of carbonyl (C=O) groups excluding carboxylic acids is 1. The summed E-state index contributed by atoms with van der Waals surface area (Å²) in [6, 6.07) is 9.46. The summed E-state index contributed by atoms with van der Waals surface area (Å²) in [5.41, 5.74) is 1.48. The van der Waals surface area contributed by atoms with E-state index < -0.39 is 17.9 Å². The Bertz CT molecular complexity index is 659. The molecule has 0 saturated carbocycles. The first-order valence-electron chi connectivity index (χ1n) is 9.08. The fourth-order valence-corrected chi connectivity index (χ4v) is 2.93. The molecule has 0 bridgehead atoms. The Kier molecular flexibility index (Phi) is 7.51. The number of ether oxygens (including phenoxy) is 1. The third kappa shape index (κ3) is 5.93. The number of nitrogens with one attached hydrogen (secondary N) is 1. The van der Waals surface area contributed by atoms with Gasteiger partial charge in [-0.05, 0) is 23.9 Å². The number of esters is 1. The van der Waals surface area contributed by atoms with Crippen LogP contribution in [-0.4, -0.2) is 28.6 Å². The van der Waals surface area contributed by atoms with Crippen LogP contribution in [0, 0.1) is 0 Å². The third-order valence-electron chi connectivity index (χ3n) is 4.33. The molecule has 25 heavy (non-hydrogen) atoms. The average Bonchev–Trinajstić information content (AvgIpc) is 3.02. The van der Waals surface area contributed by atoms with Gasteiger partial charge in [0, 0.05) is 11.2 Å². The molecule has 5 nitrogen and oxygen atoms in total. The summed E-state index contributed by atoms with van der Waals surface area (Å²) in [5.74, 6) is -2.28. The number of H-pyrrole nitrogens is 1. The quantitative estimate of drug-likeness (QED) is 0.460. The SMILES string of the molecule is CCCCCCCCOC(=O)C(CC(=O)O)c1cc2ccccc2[nH]1. The van der Waals surface area contributed by atoms with Crippen LogP contribution >= 0.6 is 0 Å². The number of aliphatic carboxylic acids is 1. The molecule has 136 valence electrons. The largest absolute Gasteiger partial charge is 0.481 e. The highest BCUT2D eigenvalue weighted by Crippen LogP contribution is 2.25. The number of aromatic nitrogens is 1. The van der Waals surface area contributed by atoms with Crippen molar-refractivity contribution in [1.82, 2.24) is 4.98 Å². The lowest BCUT2D eigenvalue weighted by Gasteiger charge is -2.13. The Morgan fingerprint density at radius 1 is 1.12 bits per heavy atom. The van der Waals surface area contributed by atoms with Crippen LogP contribution < -0.4 is 0 Å². The fourth-order valence-electron chi connectivity index (χ4n) is 2.93. The number of aromatic amines is 1. The summed E-state index contributed by atoms with van der Waals surface area (Å²) in [6.45, 7) is 2.52. The Morgan fingerprint density at radius 3 is 2.56 bits per heavy atom. The standard InChI is InChI=1S/C20H27NO4/c1-2-3-4-5-6-9-12-25-20(24)16(14-19(22)23)18-13-15-10-7-8-11-17(15)21-18/h7-8,10-11,13,16,21H,2-6,9,12,14H2,1H3,(H,22,23). The van der Waals surface area contributed by atoms with Crippen LogP contribution in [0.3, 0.4) is 0 Å². The van der Waals surface area contributed by atoms with Gasteiger partial charge in [0.25, 0.3) is 0 Å². The highest BCUT2D eigenvalue weighted by atomic mass is 16.5. The van der Waals surface area contributed by atoms with E-state index in [1.807, 2.05) is 30.3 Å². The van der Waals surface area contributed by atoms with Gasteiger partial charge in [0.05, 0.1) is 13.0 Å². The third-order valence-corrected chi connectivity index (χ3v) is 4.33. The van der Waals surface area contributed by atoms with Crippen LogP contribution in [0.25, 0.3) is 10.9 Å². The van der Waals surface area contributed by atoms with Crippen molar-refractivity contribution in [3.63, 3.8) is 0 Å². The zero-order valence-electron chi connectivity index (χ0n) is 14.8. The van der Waals surface area contributed by atoms with Crippen molar-refractivity contribution >= 4 is 22.8 Å². The molecule has 0 aliphatic carbocycles. The van der Waals surface area contributed by atoms with E-state index in [0.717, 1.165) is 30.2 Å².